The summed E-state index contributed by atoms with van der Waals surface area (Å²) in [6.45, 7) is 8.89. The van der Waals surface area contributed by atoms with Crippen LogP contribution in [0, 0.1) is 17.2 Å². The fourth-order valence-corrected chi connectivity index (χ4v) is 4.05. The number of piperidine rings is 1. The summed E-state index contributed by atoms with van der Waals surface area (Å²) in [6, 6.07) is 6.32. The molecule has 3 rings (SSSR count). The molecule has 2 aliphatic rings. The van der Waals surface area contributed by atoms with Gasteiger partial charge < -0.3 is 15.1 Å². The van der Waals surface area contributed by atoms with Crippen molar-refractivity contribution in [2.75, 3.05) is 32.7 Å². The van der Waals surface area contributed by atoms with E-state index in [0.29, 0.717) is 19.6 Å². The summed E-state index contributed by atoms with van der Waals surface area (Å²) in [5.41, 5.74) is 0.373. The summed E-state index contributed by atoms with van der Waals surface area (Å²) < 4.78 is 13.7. The highest BCUT2D eigenvalue weighted by Crippen LogP contribution is 2.29. The summed E-state index contributed by atoms with van der Waals surface area (Å²) in [5, 5.41) is 3.31. The van der Waals surface area contributed by atoms with Crippen molar-refractivity contribution in [2.24, 2.45) is 11.3 Å². The number of nitrogens with zero attached hydrogens (tertiary/aromatic N) is 2. The minimum atomic E-state index is -0.440. The van der Waals surface area contributed by atoms with Crippen LogP contribution in [0.3, 0.4) is 0 Å². The van der Waals surface area contributed by atoms with Crippen LogP contribution in [0.1, 0.15) is 45.2 Å². The zero-order valence-electron chi connectivity index (χ0n) is 16.9. The Morgan fingerprint density at radius 3 is 2.64 bits per heavy atom. The highest BCUT2D eigenvalue weighted by atomic mass is 35.5. The van der Waals surface area contributed by atoms with Gasteiger partial charge in [-0.15, -0.1) is 12.4 Å². The molecular weight excluding hydrogens is 381 g/mol. The Balaban J connectivity index is 0.00000280. The molecular formula is C21H31ClFN3O2. The predicted octanol–water partition coefficient (Wildman–Crippen LogP) is 3.01. The molecule has 2 saturated heterocycles. The van der Waals surface area contributed by atoms with E-state index in [1.807, 2.05) is 36.6 Å². The number of likely N-dealkylation sites (tertiary alicyclic amines) is 1. The number of amides is 2. The maximum absolute atomic E-state index is 13.7. The molecule has 1 aromatic rings. The van der Waals surface area contributed by atoms with Gasteiger partial charge in [0.05, 0.1) is 12.0 Å². The van der Waals surface area contributed by atoms with Gasteiger partial charge in [0, 0.05) is 38.1 Å². The fourth-order valence-electron chi connectivity index (χ4n) is 4.05. The lowest BCUT2D eigenvalue weighted by Gasteiger charge is -2.41. The van der Waals surface area contributed by atoms with Crippen molar-refractivity contribution in [3.8, 4) is 0 Å². The first kappa shape index (κ1) is 22.6. The summed E-state index contributed by atoms with van der Waals surface area (Å²) in [7, 11) is 0. The lowest BCUT2D eigenvalue weighted by atomic mass is 9.90. The van der Waals surface area contributed by atoms with Crippen LogP contribution in [0.15, 0.2) is 24.3 Å². The van der Waals surface area contributed by atoms with Gasteiger partial charge in [-0.1, -0.05) is 32.9 Å². The molecule has 156 valence electrons. The molecule has 2 aliphatic heterocycles. The second-order valence-electron chi connectivity index (χ2n) is 8.65. The van der Waals surface area contributed by atoms with E-state index in [1.165, 1.54) is 12.1 Å². The summed E-state index contributed by atoms with van der Waals surface area (Å²) in [6.07, 6.45) is 1.64. The highest BCUT2D eigenvalue weighted by molar-refractivity contribution is 5.85. The van der Waals surface area contributed by atoms with Gasteiger partial charge in [0.2, 0.25) is 11.8 Å². The smallest absolute Gasteiger partial charge is 0.228 e. The first-order valence-corrected chi connectivity index (χ1v) is 9.83. The molecule has 0 saturated carbocycles. The highest BCUT2D eigenvalue weighted by Gasteiger charge is 2.37. The van der Waals surface area contributed by atoms with Crippen molar-refractivity contribution >= 4 is 24.2 Å². The third-order valence-electron chi connectivity index (χ3n) is 5.46. The van der Waals surface area contributed by atoms with E-state index in [0.717, 1.165) is 31.5 Å². The average molecular weight is 412 g/mol. The second kappa shape index (κ2) is 9.23. The Kier molecular flexibility index (Phi) is 7.46. The lowest BCUT2D eigenvalue weighted by molar-refractivity contribution is -0.146. The lowest BCUT2D eigenvalue weighted by Crippen LogP contribution is -2.54. The van der Waals surface area contributed by atoms with E-state index in [9.17, 15) is 14.0 Å². The van der Waals surface area contributed by atoms with E-state index >= 15 is 0 Å². The summed E-state index contributed by atoms with van der Waals surface area (Å²) >= 11 is 0. The molecule has 0 aliphatic carbocycles. The van der Waals surface area contributed by atoms with Gasteiger partial charge in [-0.3, -0.25) is 9.59 Å². The Bertz CT molecular complexity index is 707. The first-order chi connectivity index (χ1) is 12.8. The SMILES string of the molecule is CC(C)(C)C(=O)N1CCCC(C(=O)N2CCNCC2c2cccc(F)c2)C1.Cl. The van der Waals surface area contributed by atoms with Crippen LogP contribution in [-0.4, -0.2) is 54.3 Å². The van der Waals surface area contributed by atoms with Crippen LogP contribution < -0.4 is 5.32 Å². The molecule has 0 spiro atoms. The molecule has 0 bridgehead atoms. The van der Waals surface area contributed by atoms with Gasteiger partial charge in [0.25, 0.3) is 0 Å². The summed E-state index contributed by atoms with van der Waals surface area (Å²) in [5.74, 6) is -0.288. The van der Waals surface area contributed by atoms with Gasteiger partial charge in [-0.2, -0.15) is 0 Å². The minimum Gasteiger partial charge on any atom is -0.341 e. The van der Waals surface area contributed by atoms with E-state index in [1.54, 1.807) is 6.07 Å². The number of nitrogens with one attached hydrogen (secondary N) is 1. The van der Waals surface area contributed by atoms with Crippen LogP contribution in [0.5, 0.6) is 0 Å². The normalized spacial score (nSPS) is 23.1. The zero-order valence-corrected chi connectivity index (χ0v) is 17.7. The van der Waals surface area contributed by atoms with Crippen molar-refractivity contribution in [3.05, 3.63) is 35.6 Å². The van der Waals surface area contributed by atoms with Gasteiger partial charge in [-0.25, -0.2) is 4.39 Å². The van der Waals surface area contributed by atoms with Crippen LogP contribution in [0.2, 0.25) is 0 Å². The number of carbonyl (C=O) groups is 2. The molecule has 2 fully saturated rings. The second-order valence-corrected chi connectivity index (χ2v) is 8.65. The predicted molar refractivity (Wildman–Crippen MR) is 110 cm³/mol. The zero-order chi connectivity index (χ0) is 19.6. The van der Waals surface area contributed by atoms with Gasteiger partial charge >= 0.3 is 0 Å². The van der Waals surface area contributed by atoms with E-state index in [2.05, 4.69) is 5.32 Å². The largest absolute Gasteiger partial charge is 0.341 e. The molecule has 28 heavy (non-hydrogen) atoms. The topological polar surface area (TPSA) is 52.7 Å². The maximum Gasteiger partial charge on any atom is 0.228 e. The van der Waals surface area contributed by atoms with Crippen molar-refractivity contribution in [1.82, 2.24) is 15.1 Å². The Morgan fingerprint density at radius 2 is 1.96 bits per heavy atom. The molecule has 0 radical (unpaired) electrons. The molecule has 2 unspecified atom stereocenters. The van der Waals surface area contributed by atoms with Gasteiger partial charge in [-0.05, 0) is 30.5 Å². The van der Waals surface area contributed by atoms with Crippen LogP contribution in [-0.2, 0) is 9.59 Å². The molecule has 0 aromatic heterocycles. The van der Waals surface area contributed by atoms with Crippen LogP contribution >= 0.6 is 12.4 Å². The Morgan fingerprint density at radius 1 is 1.21 bits per heavy atom. The monoisotopic (exact) mass is 411 g/mol. The van der Waals surface area contributed by atoms with Crippen molar-refractivity contribution in [1.29, 1.82) is 0 Å². The molecule has 2 heterocycles. The minimum absolute atomic E-state index is 0. The third kappa shape index (κ3) is 5.03. The van der Waals surface area contributed by atoms with Crippen LogP contribution in [0.4, 0.5) is 4.39 Å². The standard InChI is InChI=1S/C21H30FN3O2.ClH/c1-21(2,3)20(27)24-10-5-7-16(14-24)19(26)25-11-9-23-13-18(25)15-6-4-8-17(22)12-15;/h4,6,8,12,16,18,23H,5,7,9-11,13-14H2,1-3H3;1H. The quantitative estimate of drug-likeness (QED) is 0.813. The van der Waals surface area contributed by atoms with E-state index in [-0.39, 0.29) is 42.0 Å². The first-order valence-electron chi connectivity index (χ1n) is 9.83. The molecule has 2 amide bonds. The summed E-state index contributed by atoms with van der Waals surface area (Å²) in [4.78, 5) is 29.7. The fraction of sp³-hybridized carbons (Fsp3) is 0.619. The van der Waals surface area contributed by atoms with E-state index in [4.69, 9.17) is 0 Å². The number of piperazine rings is 1. The number of hydrogen-bond donors (Lipinski definition) is 1. The number of carbonyl (C=O) groups excluding carboxylic acids is 2. The van der Waals surface area contributed by atoms with Crippen molar-refractivity contribution in [3.63, 3.8) is 0 Å². The number of hydrogen-bond acceptors (Lipinski definition) is 3. The number of benzene rings is 1. The maximum atomic E-state index is 13.7. The van der Waals surface area contributed by atoms with Crippen molar-refractivity contribution in [2.45, 2.75) is 39.7 Å². The van der Waals surface area contributed by atoms with Gasteiger partial charge in [0.15, 0.2) is 0 Å². The molecule has 5 nitrogen and oxygen atoms in total. The average Bonchev–Trinajstić information content (AvgIpc) is 2.66. The van der Waals surface area contributed by atoms with Crippen molar-refractivity contribution < 1.29 is 14.0 Å². The Labute approximate surface area is 173 Å². The Hall–Kier alpha value is -1.66. The number of halogens is 2. The van der Waals surface area contributed by atoms with Crippen LogP contribution in [0.25, 0.3) is 0 Å². The number of rotatable bonds is 2. The van der Waals surface area contributed by atoms with E-state index < -0.39 is 5.41 Å². The molecule has 7 heteroatoms. The molecule has 1 aromatic carbocycles. The third-order valence-corrected chi connectivity index (χ3v) is 5.46. The van der Waals surface area contributed by atoms with Gasteiger partial charge in [0.1, 0.15) is 5.82 Å². The molecule has 2 atom stereocenters. The molecule has 1 N–H and O–H groups in total.